The number of benzene rings is 2. The van der Waals surface area contributed by atoms with E-state index in [0.717, 1.165) is 22.4 Å². The Morgan fingerprint density at radius 1 is 1.17 bits per heavy atom. The van der Waals surface area contributed by atoms with E-state index in [4.69, 9.17) is 15.2 Å². The highest BCUT2D eigenvalue weighted by Gasteiger charge is 2.47. The SMILES string of the molecule is COCC(=O)C[C@H]1C(=O)N(C)C(N)=N[C@]1(C)c1cccc(-c2cccc(OC)c2)c1. The van der Waals surface area contributed by atoms with E-state index in [1.807, 2.05) is 55.5 Å². The molecule has 2 aromatic rings. The number of ketones is 1. The molecule has 158 valence electrons. The predicted octanol–water partition coefficient (Wildman–Crippen LogP) is 2.59. The number of methoxy groups -OCH3 is 2. The highest BCUT2D eigenvalue weighted by Crippen LogP contribution is 2.41. The monoisotopic (exact) mass is 409 g/mol. The molecule has 0 saturated heterocycles. The fourth-order valence-corrected chi connectivity index (χ4v) is 3.79. The van der Waals surface area contributed by atoms with Crippen LogP contribution in [0, 0.1) is 5.92 Å². The molecule has 2 atom stereocenters. The van der Waals surface area contributed by atoms with Gasteiger partial charge in [0.15, 0.2) is 11.7 Å². The Labute approximate surface area is 176 Å². The third kappa shape index (κ3) is 4.07. The molecule has 3 rings (SSSR count). The molecule has 2 aromatic carbocycles. The lowest BCUT2D eigenvalue weighted by molar-refractivity contribution is -0.138. The van der Waals surface area contributed by atoms with E-state index in [0.29, 0.717) is 0 Å². The second-order valence-electron chi connectivity index (χ2n) is 7.56. The number of nitrogens with two attached hydrogens (primary N) is 1. The molecule has 0 aliphatic carbocycles. The van der Waals surface area contributed by atoms with Crippen LogP contribution in [0.4, 0.5) is 0 Å². The van der Waals surface area contributed by atoms with Crippen LogP contribution >= 0.6 is 0 Å². The maximum absolute atomic E-state index is 13.1. The molecule has 7 heteroatoms. The smallest absolute Gasteiger partial charge is 0.235 e. The van der Waals surface area contributed by atoms with Gasteiger partial charge in [-0.25, -0.2) is 4.99 Å². The van der Waals surface area contributed by atoms with E-state index in [1.165, 1.54) is 12.0 Å². The van der Waals surface area contributed by atoms with Crippen molar-refractivity contribution in [3.63, 3.8) is 0 Å². The Kier molecular flexibility index (Phi) is 6.22. The maximum atomic E-state index is 13.1. The first kappa shape index (κ1) is 21.5. The molecule has 1 aliphatic rings. The second-order valence-corrected chi connectivity index (χ2v) is 7.56. The average Bonchev–Trinajstić information content (AvgIpc) is 2.75. The summed E-state index contributed by atoms with van der Waals surface area (Å²) in [6.07, 6.45) is 0.0215. The van der Waals surface area contributed by atoms with Gasteiger partial charge in [0, 0.05) is 20.6 Å². The minimum atomic E-state index is -0.980. The van der Waals surface area contributed by atoms with Crippen molar-refractivity contribution in [3.8, 4) is 16.9 Å². The van der Waals surface area contributed by atoms with E-state index in [9.17, 15) is 9.59 Å². The van der Waals surface area contributed by atoms with E-state index < -0.39 is 11.5 Å². The molecule has 0 spiro atoms. The zero-order valence-electron chi connectivity index (χ0n) is 17.7. The van der Waals surface area contributed by atoms with Crippen LogP contribution in [0.1, 0.15) is 18.9 Å². The first-order chi connectivity index (χ1) is 14.3. The molecule has 0 fully saturated rings. The maximum Gasteiger partial charge on any atom is 0.235 e. The topological polar surface area (TPSA) is 94.2 Å². The second kappa shape index (κ2) is 8.67. The van der Waals surface area contributed by atoms with Gasteiger partial charge in [-0.05, 0) is 41.8 Å². The van der Waals surface area contributed by atoms with Crippen LogP contribution in [0.3, 0.4) is 0 Å². The van der Waals surface area contributed by atoms with Crippen LogP contribution in [-0.2, 0) is 19.9 Å². The number of hydrogen-bond acceptors (Lipinski definition) is 6. The van der Waals surface area contributed by atoms with E-state index in [1.54, 1.807) is 14.2 Å². The van der Waals surface area contributed by atoms with Crippen molar-refractivity contribution in [2.24, 2.45) is 16.6 Å². The molecule has 1 amide bonds. The third-order valence-electron chi connectivity index (χ3n) is 5.58. The number of rotatable bonds is 7. The molecule has 0 bridgehead atoms. The van der Waals surface area contributed by atoms with Gasteiger partial charge >= 0.3 is 0 Å². The molecular formula is C23H27N3O4. The average molecular weight is 409 g/mol. The summed E-state index contributed by atoms with van der Waals surface area (Å²) in [5.41, 5.74) is 7.81. The van der Waals surface area contributed by atoms with Gasteiger partial charge < -0.3 is 15.2 Å². The zero-order chi connectivity index (χ0) is 21.9. The molecule has 0 saturated carbocycles. The highest BCUT2D eigenvalue weighted by atomic mass is 16.5. The lowest BCUT2D eigenvalue weighted by atomic mass is 9.75. The van der Waals surface area contributed by atoms with Crippen molar-refractivity contribution in [3.05, 3.63) is 54.1 Å². The van der Waals surface area contributed by atoms with Gasteiger partial charge in [0.2, 0.25) is 5.91 Å². The van der Waals surface area contributed by atoms with Gasteiger partial charge in [-0.15, -0.1) is 0 Å². The standard InChI is InChI=1S/C23H27N3O4/c1-23(20(13-18(27)14-29-3)21(28)26(2)22(24)25-23)17-9-5-7-15(11-17)16-8-6-10-19(12-16)30-4/h5-12,20H,13-14H2,1-4H3,(H2,24,25)/t20-,23+/m0/s1. The van der Waals surface area contributed by atoms with Gasteiger partial charge in [-0.2, -0.15) is 0 Å². The summed E-state index contributed by atoms with van der Waals surface area (Å²) < 4.78 is 10.3. The Morgan fingerprint density at radius 3 is 2.50 bits per heavy atom. The number of hydrogen-bond donors (Lipinski definition) is 1. The van der Waals surface area contributed by atoms with Gasteiger partial charge in [0.1, 0.15) is 12.4 Å². The van der Waals surface area contributed by atoms with Crippen LogP contribution < -0.4 is 10.5 Å². The summed E-state index contributed by atoms with van der Waals surface area (Å²) in [6, 6.07) is 15.5. The summed E-state index contributed by atoms with van der Waals surface area (Å²) in [5, 5.41) is 0. The van der Waals surface area contributed by atoms with Crippen molar-refractivity contribution >= 4 is 17.6 Å². The predicted molar refractivity (Wildman–Crippen MR) is 115 cm³/mol. The molecule has 1 heterocycles. The molecule has 1 aliphatic heterocycles. The van der Waals surface area contributed by atoms with Crippen LogP contribution in [0.2, 0.25) is 0 Å². The van der Waals surface area contributed by atoms with Crippen molar-refractivity contribution < 1.29 is 19.1 Å². The summed E-state index contributed by atoms with van der Waals surface area (Å²) in [6.45, 7) is 1.80. The van der Waals surface area contributed by atoms with Crippen molar-refractivity contribution in [1.82, 2.24) is 4.90 Å². The largest absolute Gasteiger partial charge is 0.497 e. The molecular weight excluding hydrogens is 382 g/mol. The normalized spacial score (nSPS) is 21.3. The van der Waals surface area contributed by atoms with Crippen LogP contribution in [0.25, 0.3) is 11.1 Å². The van der Waals surface area contributed by atoms with Crippen molar-refractivity contribution in [2.75, 3.05) is 27.9 Å². The van der Waals surface area contributed by atoms with E-state index in [2.05, 4.69) is 4.99 Å². The first-order valence-corrected chi connectivity index (χ1v) is 9.68. The number of guanidine groups is 1. The summed E-state index contributed by atoms with van der Waals surface area (Å²) in [7, 11) is 4.65. The lowest BCUT2D eigenvalue weighted by Crippen LogP contribution is -2.54. The van der Waals surface area contributed by atoms with Crippen molar-refractivity contribution in [1.29, 1.82) is 0 Å². The number of carbonyl (C=O) groups is 2. The summed E-state index contributed by atoms with van der Waals surface area (Å²) in [4.78, 5) is 31.4. The van der Waals surface area contributed by atoms with Crippen LogP contribution in [-0.4, -0.2) is 50.4 Å². The Bertz CT molecular complexity index is 988. The summed E-state index contributed by atoms with van der Waals surface area (Å²) >= 11 is 0. The van der Waals surface area contributed by atoms with E-state index >= 15 is 0 Å². The third-order valence-corrected chi connectivity index (χ3v) is 5.58. The number of aliphatic imine (C=N–C) groups is 1. The van der Waals surface area contributed by atoms with Gasteiger partial charge in [0.05, 0.1) is 18.6 Å². The number of Topliss-reactive ketones (excluding diaryl/α,β-unsaturated/α-hetero) is 1. The number of amides is 1. The van der Waals surface area contributed by atoms with Crippen LogP contribution in [0.15, 0.2) is 53.5 Å². The fourth-order valence-electron chi connectivity index (χ4n) is 3.79. The number of ether oxygens (including phenoxy) is 2. The molecule has 7 nitrogen and oxygen atoms in total. The zero-order valence-corrected chi connectivity index (χ0v) is 17.7. The molecule has 0 aromatic heterocycles. The lowest BCUT2D eigenvalue weighted by Gasteiger charge is -2.40. The van der Waals surface area contributed by atoms with Crippen molar-refractivity contribution in [2.45, 2.75) is 18.9 Å². The number of nitrogens with zero attached hydrogens (tertiary/aromatic N) is 2. The Morgan fingerprint density at radius 2 is 1.83 bits per heavy atom. The molecule has 2 N–H and O–H groups in total. The fraction of sp³-hybridized carbons (Fsp3) is 0.348. The summed E-state index contributed by atoms with van der Waals surface area (Å²) in [5.74, 6) is -0.192. The number of carbonyl (C=O) groups excluding carboxylic acids is 2. The van der Waals surface area contributed by atoms with Gasteiger partial charge in [-0.1, -0.05) is 30.3 Å². The van der Waals surface area contributed by atoms with E-state index in [-0.39, 0.29) is 30.7 Å². The first-order valence-electron chi connectivity index (χ1n) is 9.68. The van der Waals surface area contributed by atoms with Crippen LogP contribution in [0.5, 0.6) is 5.75 Å². The minimum Gasteiger partial charge on any atom is -0.497 e. The van der Waals surface area contributed by atoms with Gasteiger partial charge in [0.25, 0.3) is 0 Å². The Balaban J connectivity index is 2.07. The minimum absolute atomic E-state index is 0.0215. The quantitative estimate of drug-likeness (QED) is 0.759. The molecule has 0 radical (unpaired) electrons. The molecule has 0 unspecified atom stereocenters. The van der Waals surface area contributed by atoms with Gasteiger partial charge in [-0.3, -0.25) is 14.5 Å². The molecule has 30 heavy (non-hydrogen) atoms. The Hall–Kier alpha value is -3.19. The highest BCUT2D eigenvalue weighted by molar-refractivity contribution is 6.01.